The maximum Gasteiger partial charge on any atom is 0.343 e. The van der Waals surface area contributed by atoms with Gasteiger partial charge in [-0.3, -0.25) is 4.99 Å². The van der Waals surface area contributed by atoms with Crippen molar-refractivity contribution in [1.82, 2.24) is 0 Å². The Labute approximate surface area is 222 Å². The second-order valence-corrected chi connectivity index (χ2v) is 11.0. The second-order valence-electron chi connectivity index (χ2n) is 9.04. The average Bonchev–Trinajstić information content (AvgIpc) is 2.92. The van der Waals surface area contributed by atoms with E-state index in [4.69, 9.17) is 9.47 Å². The third-order valence-corrected chi connectivity index (χ3v) is 6.16. The summed E-state index contributed by atoms with van der Waals surface area (Å²) in [6.45, 7) is 7.20. The predicted octanol–water partition coefficient (Wildman–Crippen LogP) is 8.45. The molecule has 0 unspecified atom stereocenters. The van der Waals surface area contributed by atoms with E-state index in [0.29, 0.717) is 17.9 Å². The summed E-state index contributed by atoms with van der Waals surface area (Å²) >= 11 is 0. The monoisotopic (exact) mass is 513 g/mol. The van der Waals surface area contributed by atoms with Gasteiger partial charge in [0.1, 0.15) is 11.5 Å². The first-order valence-electron chi connectivity index (χ1n) is 12.9. The molecule has 0 heterocycles. The Hall–Kier alpha value is -3.41. The van der Waals surface area contributed by atoms with Gasteiger partial charge in [0.2, 0.25) is 0 Å². The van der Waals surface area contributed by atoms with Crippen LogP contribution in [0.4, 0.5) is 5.69 Å². The van der Waals surface area contributed by atoms with E-state index >= 15 is 0 Å². The van der Waals surface area contributed by atoms with E-state index in [2.05, 4.69) is 36.8 Å². The fourth-order valence-corrected chi connectivity index (χ4v) is 3.86. The molecular formula is C32H36NO3P. The number of nitrogens with zero attached hydrogens (tertiary/aromatic N) is 1. The van der Waals surface area contributed by atoms with E-state index in [-0.39, 0.29) is 7.92 Å². The van der Waals surface area contributed by atoms with Crippen LogP contribution in [0.2, 0.25) is 0 Å². The highest BCUT2D eigenvalue weighted by Gasteiger charge is 2.09. The predicted molar refractivity (Wildman–Crippen MR) is 156 cm³/mol. The molecule has 0 saturated heterocycles. The highest BCUT2D eigenvalue weighted by Crippen LogP contribution is 2.22. The van der Waals surface area contributed by atoms with E-state index in [9.17, 15) is 4.79 Å². The highest BCUT2D eigenvalue weighted by atomic mass is 31.1. The summed E-state index contributed by atoms with van der Waals surface area (Å²) in [4.78, 5) is 17.0. The molecule has 0 fully saturated rings. The van der Waals surface area contributed by atoms with Crippen molar-refractivity contribution in [3.63, 3.8) is 0 Å². The minimum Gasteiger partial charge on any atom is -0.494 e. The minimum absolute atomic E-state index is 0.221. The van der Waals surface area contributed by atoms with Gasteiger partial charge in [0, 0.05) is 11.8 Å². The van der Waals surface area contributed by atoms with Gasteiger partial charge in [-0.05, 0) is 93.9 Å². The van der Waals surface area contributed by atoms with Crippen LogP contribution >= 0.6 is 7.92 Å². The van der Waals surface area contributed by atoms with Crippen LogP contribution < -0.4 is 9.47 Å². The highest BCUT2D eigenvalue weighted by molar-refractivity contribution is 7.61. The van der Waals surface area contributed by atoms with Gasteiger partial charge >= 0.3 is 5.97 Å². The first-order chi connectivity index (χ1) is 18.0. The molecule has 0 aromatic heterocycles. The molecule has 3 rings (SSSR count). The van der Waals surface area contributed by atoms with Crippen molar-refractivity contribution >= 4 is 25.8 Å². The van der Waals surface area contributed by atoms with E-state index < -0.39 is 5.97 Å². The Kier molecular flexibility index (Phi) is 11.9. The molecule has 3 aromatic rings. The molecule has 0 aliphatic heterocycles. The smallest absolute Gasteiger partial charge is 0.343 e. The van der Waals surface area contributed by atoms with Crippen molar-refractivity contribution in [3.05, 3.63) is 89.5 Å². The van der Waals surface area contributed by atoms with Gasteiger partial charge in [0.15, 0.2) is 0 Å². The second kappa shape index (κ2) is 15.6. The largest absolute Gasteiger partial charge is 0.494 e. The molecule has 0 amide bonds. The zero-order chi connectivity index (χ0) is 26.3. The summed E-state index contributed by atoms with van der Waals surface area (Å²) in [6.07, 6.45) is 9.18. The Morgan fingerprint density at radius 1 is 0.838 bits per heavy atom. The van der Waals surface area contributed by atoms with Crippen molar-refractivity contribution in [1.29, 1.82) is 0 Å². The van der Waals surface area contributed by atoms with Gasteiger partial charge in [-0.2, -0.15) is 0 Å². The number of rotatable bonds is 12. The van der Waals surface area contributed by atoms with Crippen LogP contribution in [0.1, 0.15) is 66.9 Å². The van der Waals surface area contributed by atoms with E-state index in [1.165, 1.54) is 32.1 Å². The molecular weight excluding hydrogens is 477 g/mol. The first-order valence-corrected chi connectivity index (χ1v) is 15.2. The van der Waals surface area contributed by atoms with Crippen LogP contribution in [0.25, 0.3) is 0 Å². The third-order valence-electron chi connectivity index (χ3n) is 5.60. The maximum absolute atomic E-state index is 12.5. The normalized spacial score (nSPS) is 10.8. The molecule has 0 radical (unpaired) electrons. The van der Waals surface area contributed by atoms with Crippen LogP contribution in [0.5, 0.6) is 11.5 Å². The number of carbonyl (C=O) groups excluding carboxylic acids is 1. The van der Waals surface area contributed by atoms with Crippen LogP contribution in [0.15, 0.2) is 77.8 Å². The summed E-state index contributed by atoms with van der Waals surface area (Å²) < 4.78 is 11.3. The zero-order valence-electron chi connectivity index (χ0n) is 22.1. The SMILES string of the molecule is CCCCCCCCOc1ccc(C(=O)Oc2ccc(N=Cc3ccc(C#CP(C)C)cc3)cc2)cc1. The zero-order valence-corrected chi connectivity index (χ0v) is 23.0. The topological polar surface area (TPSA) is 47.9 Å². The summed E-state index contributed by atoms with van der Waals surface area (Å²) in [5, 5.41) is 0. The molecule has 0 spiro atoms. The first kappa shape index (κ1) is 28.2. The molecule has 0 aliphatic carbocycles. The van der Waals surface area contributed by atoms with Gasteiger partial charge < -0.3 is 9.47 Å². The number of ether oxygens (including phenoxy) is 2. The summed E-state index contributed by atoms with van der Waals surface area (Å²) in [6, 6.07) is 22.2. The lowest BCUT2D eigenvalue weighted by molar-refractivity contribution is 0.0734. The lowest BCUT2D eigenvalue weighted by Crippen LogP contribution is -2.08. The number of benzene rings is 3. The number of unbranched alkanes of at least 4 members (excludes halogenated alkanes) is 5. The van der Waals surface area contributed by atoms with Crippen molar-refractivity contribution < 1.29 is 14.3 Å². The lowest BCUT2D eigenvalue weighted by atomic mass is 10.1. The number of aliphatic imine (C=N–C) groups is 1. The fourth-order valence-electron chi connectivity index (χ4n) is 3.50. The minimum atomic E-state index is -0.402. The van der Waals surface area contributed by atoms with Gasteiger partial charge in [0.05, 0.1) is 17.9 Å². The standard InChI is InChI=1S/C32H36NO3P/c1-4-5-6-7-8-9-23-35-30-18-14-28(15-19-30)32(34)36-31-20-16-29(17-21-31)33-25-27-12-10-26(11-13-27)22-24-37(2)3/h10-21,25H,4-9,23H2,1-3H3. The molecule has 0 atom stereocenters. The van der Waals surface area contributed by atoms with E-state index in [1.807, 2.05) is 48.5 Å². The Morgan fingerprint density at radius 3 is 2.16 bits per heavy atom. The van der Waals surface area contributed by atoms with Crippen LogP contribution in [-0.4, -0.2) is 32.1 Å². The summed E-state index contributed by atoms with van der Waals surface area (Å²) in [5.74, 6) is 4.03. The third kappa shape index (κ3) is 10.6. The fraction of sp³-hybridized carbons (Fsp3) is 0.312. The summed E-state index contributed by atoms with van der Waals surface area (Å²) in [5.41, 5.74) is 6.49. The lowest BCUT2D eigenvalue weighted by Gasteiger charge is -2.08. The van der Waals surface area contributed by atoms with Gasteiger partial charge in [0.25, 0.3) is 0 Å². The number of hydrogen-bond donors (Lipinski definition) is 0. The molecule has 4 nitrogen and oxygen atoms in total. The molecule has 3 aromatic carbocycles. The Morgan fingerprint density at radius 2 is 1.49 bits per heavy atom. The van der Waals surface area contributed by atoms with Gasteiger partial charge in [-0.1, -0.05) is 62.7 Å². The Bertz CT molecular complexity index is 1190. The van der Waals surface area contributed by atoms with Crippen LogP contribution in [0, 0.1) is 11.6 Å². The molecule has 37 heavy (non-hydrogen) atoms. The number of hydrogen-bond acceptors (Lipinski definition) is 4. The van der Waals surface area contributed by atoms with Crippen molar-refractivity contribution in [3.8, 4) is 23.1 Å². The van der Waals surface area contributed by atoms with Crippen molar-refractivity contribution in [2.75, 3.05) is 19.9 Å². The van der Waals surface area contributed by atoms with Crippen molar-refractivity contribution in [2.24, 2.45) is 4.99 Å². The van der Waals surface area contributed by atoms with E-state index in [1.54, 1.807) is 30.5 Å². The maximum atomic E-state index is 12.5. The molecule has 0 bridgehead atoms. The number of carbonyl (C=O) groups is 1. The number of esters is 1. The van der Waals surface area contributed by atoms with Crippen LogP contribution in [0.3, 0.4) is 0 Å². The van der Waals surface area contributed by atoms with Gasteiger partial charge in [-0.15, -0.1) is 0 Å². The average molecular weight is 514 g/mol. The quantitative estimate of drug-likeness (QED) is 0.0610. The Balaban J connectivity index is 1.45. The van der Waals surface area contributed by atoms with Crippen LogP contribution in [-0.2, 0) is 0 Å². The summed E-state index contributed by atoms with van der Waals surface area (Å²) in [7, 11) is -0.221. The van der Waals surface area contributed by atoms with Crippen molar-refractivity contribution in [2.45, 2.75) is 45.4 Å². The van der Waals surface area contributed by atoms with Gasteiger partial charge in [-0.25, -0.2) is 4.79 Å². The molecule has 0 N–H and O–H groups in total. The molecule has 0 saturated carbocycles. The molecule has 5 heteroatoms. The molecule has 0 aliphatic rings. The van der Waals surface area contributed by atoms with E-state index in [0.717, 1.165) is 29.0 Å². The molecule has 192 valence electrons.